The number of hydrogen-bond acceptors (Lipinski definition) is 3. The van der Waals surface area contributed by atoms with Gasteiger partial charge in [-0.25, -0.2) is 0 Å². The third kappa shape index (κ3) is 3.47. The van der Waals surface area contributed by atoms with Gasteiger partial charge in [-0.05, 0) is 29.0 Å². The van der Waals surface area contributed by atoms with E-state index in [4.69, 9.17) is 15.6 Å². The van der Waals surface area contributed by atoms with Crippen LogP contribution in [0.3, 0.4) is 0 Å². The number of carbonyl (C=O) groups is 1. The summed E-state index contributed by atoms with van der Waals surface area (Å²) in [5, 5.41) is 9.00. The van der Waals surface area contributed by atoms with Crippen molar-refractivity contribution in [1.29, 1.82) is 0 Å². The first-order valence-electron chi connectivity index (χ1n) is 6.59. The lowest BCUT2D eigenvalue weighted by molar-refractivity contribution is -0.138. The number of ether oxygens (including phenoxy) is 1. The maximum Gasteiger partial charge on any atom is 0.320 e. The minimum absolute atomic E-state index is 0.292. The van der Waals surface area contributed by atoms with Gasteiger partial charge >= 0.3 is 5.97 Å². The van der Waals surface area contributed by atoms with Gasteiger partial charge in [-0.15, -0.1) is 0 Å². The smallest absolute Gasteiger partial charge is 0.320 e. The molecule has 0 saturated carbocycles. The van der Waals surface area contributed by atoms with Crippen molar-refractivity contribution in [2.24, 2.45) is 5.73 Å². The van der Waals surface area contributed by atoms with E-state index in [1.54, 1.807) is 7.11 Å². The molecule has 0 aliphatic rings. The molecular formula is C15H23NO3. The van der Waals surface area contributed by atoms with Crippen molar-refractivity contribution in [3.8, 4) is 5.75 Å². The van der Waals surface area contributed by atoms with Crippen molar-refractivity contribution < 1.29 is 14.6 Å². The number of rotatable bonds is 6. The van der Waals surface area contributed by atoms with Crippen LogP contribution in [-0.2, 0) is 17.6 Å². The minimum atomic E-state index is -0.987. The maximum atomic E-state index is 11.0. The fraction of sp³-hybridized carbons (Fsp3) is 0.533. The molecule has 0 aliphatic carbocycles. The Balaban J connectivity index is 3.32. The molecule has 1 unspecified atom stereocenters. The van der Waals surface area contributed by atoms with Crippen LogP contribution in [0.5, 0.6) is 5.75 Å². The van der Waals surface area contributed by atoms with E-state index < -0.39 is 12.0 Å². The van der Waals surface area contributed by atoms with Crippen LogP contribution in [0.25, 0.3) is 0 Å². The van der Waals surface area contributed by atoms with Crippen molar-refractivity contribution >= 4 is 5.97 Å². The van der Waals surface area contributed by atoms with E-state index in [9.17, 15) is 4.79 Å². The third-order valence-corrected chi connectivity index (χ3v) is 3.33. The zero-order valence-electron chi connectivity index (χ0n) is 12.1. The number of benzene rings is 1. The average Bonchev–Trinajstić information content (AvgIpc) is 2.37. The summed E-state index contributed by atoms with van der Waals surface area (Å²) in [6.07, 6.45) is 1.14. The first-order valence-corrected chi connectivity index (χ1v) is 6.59. The van der Waals surface area contributed by atoms with Crippen LogP contribution in [0, 0.1) is 0 Å². The Labute approximate surface area is 114 Å². The van der Waals surface area contributed by atoms with Gasteiger partial charge in [-0.2, -0.15) is 0 Å². The number of carboxylic acids is 1. The lowest BCUT2D eigenvalue weighted by Crippen LogP contribution is -2.33. The highest BCUT2D eigenvalue weighted by molar-refractivity contribution is 5.74. The van der Waals surface area contributed by atoms with E-state index in [2.05, 4.69) is 19.9 Å². The lowest BCUT2D eigenvalue weighted by atomic mass is 9.90. The lowest BCUT2D eigenvalue weighted by Gasteiger charge is -2.20. The van der Waals surface area contributed by atoms with Gasteiger partial charge in [0.15, 0.2) is 0 Å². The molecule has 0 aliphatic heterocycles. The second kappa shape index (κ2) is 6.57. The monoisotopic (exact) mass is 265 g/mol. The number of aryl methyl sites for hydroxylation is 1. The Morgan fingerprint density at radius 1 is 1.42 bits per heavy atom. The summed E-state index contributed by atoms with van der Waals surface area (Å²) in [5.41, 5.74) is 8.79. The molecule has 0 amide bonds. The van der Waals surface area contributed by atoms with Crippen molar-refractivity contribution in [2.75, 3.05) is 7.11 Å². The molecule has 4 nitrogen and oxygen atoms in total. The van der Waals surface area contributed by atoms with Gasteiger partial charge in [0.05, 0.1) is 7.11 Å². The van der Waals surface area contributed by atoms with Gasteiger partial charge in [-0.1, -0.05) is 32.9 Å². The topological polar surface area (TPSA) is 72.6 Å². The van der Waals surface area contributed by atoms with Crippen molar-refractivity contribution in [2.45, 2.75) is 45.6 Å². The average molecular weight is 265 g/mol. The zero-order valence-corrected chi connectivity index (χ0v) is 12.1. The molecule has 1 aromatic carbocycles. The molecule has 0 heterocycles. The molecule has 1 rings (SSSR count). The Morgan fingerprint density at radius 2 is 2.05 bits per heavy atom. The second-order valence-corrected chi connectivity index (χ2v) is 4.98. The number of nitrogens with two attached hydrogens (primary N) is 1. The SMILES string of the molecule is CCc1ccc(C(C)C)c(CC(N)C(=O)O)c1OC. The summed E-state index contributed by atoms with van der Waals surface area (Å²) in [6.45, 7) is 6.21. The number of methoxy groups -OCH3 is 1. The van der Waals surface area contributed by atoms with E-state index in [0.717, 1.165) is 28.9 Å². The standard InChI is InChI=1S/C15H23NO3/c1-5-10-6-7-11(9(2)3)12(14(10)19-4)8-13(16)15(17)18/h6-7,9,13H,5,8,16H2,1-4H3,(H,17,18). The summed E-state index contributed by atoms with van der Waals surface area (Å²) in [5.74, 6) is 0.0971. The van der Waals surface area contributed by atoms with Crippen molar-refractivity contribution in [3.63, 3.8) is 0 Å². The molecular weight excluding hydrogens is 242 g/mol. The van der Waals surface area contributed by atoms with Gasteiger partial charge in [0.25, 0.3) is 0 Å². The molecule has 4 heteroatoms. The fourth-order valence-corrected chi connectivity index (χ4v) is 2.28. The van der Waals surface area contributed by atoms with Crippen LogP contribution in [-0.4, -0.2) is 24.2 Å². The quantitative estimate of drug-likeness (QED) is 0.828. The Kier molecular flexibility index (Phi) is 5.36. The molecule has 1 aromatic rings. The van der Waals surface area contributed by atoms with Crippen LogP contribution in [0.15, 0.2) is 12.1 Å². The zero-order chi connectivity index (χ0) is 14.6. The number of carboxylic acid groups (broad SMARTS) is 1. The molecule has 19 heavy (non-hydrogen) atoms. The molecule has 0 saturated heterocycles. The first-order chi connectivity index (χ1) is 8.92. The van der Waals surface area contributed by atoms with Crippen molar-refractivity contribution in [3.05, 3.63) is 28.8 Å². The van der Waals surface area contributed by atoms with Crippen molar-refractivity contribution in [1.82, 2.24) is 0 Å². The molecule has 0 radical (unpaired) electrons. The summed E-state index contributed by atoms with van der Waals surface area (Å²) in [6, 6.07) is 3.19. The van der Waals surface area contributed by atoms with Crippen LogP contribution < -0.4 is 10.5 Å². The Morgan fingerprint density at radius 3 is 2.47 bits per heavy atom. The largest absolute Gasteiger partial charge is 0.496 e. The summed E-state index contributed by atoms with van der Waals surface area (Å²) < 4.78 is 5.49. The molecule has 0 bridgehead atoms. The molecule has 106 valence electrons. The predicted octanol–water partition coefficient (Wildman–Crippen LogP) is 2.34. The van der Waals surface area contributed by atoms with Crippen LogP contribution in [0.1, 0.15) is 43.4 Å². The van der Waals surface area contributed by atoms with Gasteiger partial charge in [0.1, 0.15) is 11.8 Å². The summed E-state index contributed by atoms with van der Waals surface area (Å²) >= 11 is 0. The molecule has 0 aromatic heterocycles. The highest BCUT2D eigenvalue weighted by Gasteiger charge is 2.21. The van der Waals surface area contributed by atoms with Gasteiger partial charge in [0, 0.05) is 6.42 Å². The third-order valence-electron chi connectivity index (χ3n) is 3.33. The molecule has 0 spiro atoms. The second-order valence-electron chi connectivity index (χ2n) is 4.98. The van der Waals surface area contributed by atoms with Crippen LogP contribution in [0.4, 0.5) is 0 Å². The fourth-order valence-electron chi connectivity index (χ4n) is 2.28. The highest BCUT2D eigenvalue weighted by atomic mass is 16.5. The molecule has 3 N–H and O–H groups in total. The Hall–Kier alpha value is -1.55. The van der Waals surface area contributed by atoms with Crippen LogP contribution in [0.2, 0.25) is 0 Å². The van der Waals surface area contributed by atoms with E-state index >= 15 is 0 Å². The van der Waals surface area contributed by atoms with Gasteiger partial charge in [0.2, 0.25) is 0 Å². The predicted molar refractivity (Wildman–Crippen MR) is 75.8 cm³/mol. The summed E-state index contributed by atoms with van der Waals surface area (Å²) in [4.78, 5) is 11.0. The van der Waals surface area contributed by atoms with Gasteiger partial charge in [-0.3, -0.25) is 4.79 Å². The molecule has 1 atom stereocenters. The first kappa shape index (κ1) is 15.5. The van der Waals surface area contributed by atoms with E-state index in [1.165, 1.54) is 0 Å². The van der Waals surface area contributed by atoms with E-state index in [0.29, 0.717) is 12.3 Å². The normalized spacial score (nSPS) is 12.5. The van der Waals surface area contributed by atoms with Crippen LogP contribution >= 0.6 is 0 Å². The highest BCUT2D eigenvalue weighted by Crippen LogP contribution is 2.32. The number of aliphatic carboxylic acids is 1. The van der Waals surface area contributed by atoms with E-state index in [-0.39, 0.29) is 0 Å². The molecule has 0 fully saturated rings. The van der Waals surface area contributed by atoms with Gasteiger partial charge < -0.3 is 15.6 Å². The Bertz CT molecular complexity index is 455. The maximum absolute atomic E-state index is 11.0. The number of hydrogen-bond donors (Lipinski definition) is 2. The summed E-state index contributed by atoms with van der Waals surface area (Å²) in [7, 11) is 1.62. The minimum Gasteiger partial charge on any atom is -0.496 e. The van der Waals surface area contributed by atoms with E-state index in [1.807, 2.05) is 13.0 Å².